The summed E-state index contributed by atoms with van der Waals surface area (Å²) in [6.07, 6.45) is 5.54. The minimum absolute atomic E-state index is 0.428. The standard InChI is InChI=1S/C17H26N2/c1-14-5-7-16(8-6-14)12-19-13-17(9-3-4-10-17)18-11-15(19)2/h5-8,15,18H,3-4,9-13H2,1-2H3. The molecule has 1 aliphatic heterocycles. The highest BCUT2D eigenvalue weighted by Gasteiger charge is 2.39. The van der Waals surface area contributed by atoms with Crippen LogP contribution < -0.4 is 5.32 Å². The molecule has 0 bridgehead atoms. The summed E-state index contributed by atoms with van der Waals surface area (Å²) in [5.41, 5.74) is 3.23. The summed E-state index contributed by atoms with van der Waals surface area (Å²) in [6, 6.07) is 9.67. The maximum absolute atomic E-state index is 3.83. The number of nitrogens with zero attached hydrogens (tertiary/aromatic N) is 1. The molecule has 0 radical (unpaired) electrons. The zero-order valence-electron chi connectivity index (χ0n) is 12.3. The van der Waals surface area contributed by atoms with Gasteiger partial charge in [0.2, 0.25) is 0 Å². The van der Waals surface area contributed by atoms with Crippen LogP contribution >= 0.6 is 0 Å². The molecule has 1 saturated heterocycles. The molecule has 2 aliphatic rings. The van der Waals surface area contributed by atoms with Crippen LogP contribution in [0, 0.1) is 6.92 Å². The molecule has 104 valence electrons. The van der Waals surface area contributed by atoms with Crippen LogP contribution in [-0.4, -0.2) is 29.6 Å². The number of benzene rings is 1. The van der Waals surface area contributed by atoms with E-state index in [9.17, 15) is 0 Å². The third-order valence-electron chi connectivity index (χ3n) is 4.97. The molecule has 1 aliphatic carbocycles. The van der Waals surface area contributed by atoms with Gasteiger partial charge in [-0.25, -0.2) is 0 Å². The van der Waals surface area contributed by atoms with Crippen LogP contribution in [0.4, 0.5) is 0 Å². The van der Waals surface area contributed by atoms with Gasteiger partial charge in [-0.1, -0.05) is 42.7 Å². The molecule has 1 N–H and O–H groups in total. The third-order valence-corrected chi connectivity index (χ3v) is 4.97. The lowest BCUT2D eigenvalue weighted by atomic mass is 9.92. The van der Waals surface area contributed by atoms with Gasteiger partial charge in [0.25, 0.3) is 0 Å². The molecule has 1 heterocycles. The van der Waals surface area contributed by atoms with E-state index in [0.29, 0.717) is 11.6 Å². The summed E-state index contributed by atoms with van der Waals surface area (Å²) in [7, 11) is 0. The van der Waals surface area contributed by atoms with Crippen molar-refractivity contribution in [1.82, 2.24) is 10.2 Å². The van der Waals surface area contributed by atoms with E-state index in [4.69, 9.17) is 0 Å². The number of piperazine rings is 1. The van der Waals surface area contributed by atoms with Crippen molar-refractivity contribution in [3.63, 3.8) is 0 Å². The van der Waals surface area contributed by atoms with Crippen molar-refractivity contribution < 1.29 is 0 Å². The molecule has 1 unspecified atom stereocenters. The van der Waals surface area contributed by atoms with Crippen LogP contribution in [0.25, 0.3) is 0 Å². The number of hydrogen-bond acceptors (Lipinski definition) is 2. The molecule has 0 amide bonds. The minimum atomic E-state index is 0.428. The van der Waals surface area contributed by atoms with E-state index in [-0.39, 0.29) is 0 Å². The Morgan fingerprint density at radius 1 is 1.21 bits per heavy atom. The fourth-order valence-electron chi connectivity index (χ4n) is 3.62. The van der Waals surface area contributed by atoms with Crippen molar-refractivity contribution in [2.75, 3.05) is 13.1 Å². The lowest BCUT2D eigenvalue weighted by Crippen LogP contribution is -2.62. The Kier molecular flexibility index (Phi) is 3.64. The molecule has 2 heteroatoms. The van der Waals surface area contributed by atoms with Gasteiger partial charge in [0.1, 0.15) is 0 Å². The Morgan fingerprint density at radius 2 is 1.89 bits per heavy atom. The SMILES string of the molecule is Cc1ccc(CN2CC3(CCCC3)NCC2C)cc1. The number of aryl methyl sites for hydroxylation is 1. The van der Waals surface area contributed by atoms with Crippen molar-refractivity contribution in [2.24, 2.45) is 0 Å². The highest BCUT2D eigenvalue weighted by Crippen LogP contribution is 2.33. The topological polar surface area (TPSA) is 15.3 Å². The first-order valence-corrected chi connectivity index (χ1v) is 7.72. The van der Waals surface area contributed by atoms with Gasteiger partial charge < -0.3 is 5.32 Å². The maximum atomic E-state index is 3.83. The van der Waals surface area contributed by atoms with Crippen LogP contribution in [0.2, 0.25) is 0 Å². The van der Waals surface area contributed by atoms with E-state index < -0.39 is 0 Å². The van der Waals surface area contributed by atoms with Crippen molar-refractivity contribution in [3.05, 3.63) is 35.4 Å². The van der Waals surface area contributed by atoms with E-state index in [1.54, 1.807) is 0 Å². The van der Waals surface area contributed by atoms with Crippen LogP contribution in [0.5, 0.6) is 0 Å². The van der Waals surface area contributed by atoms with E-state index in [1.165, 1.54) is 43.4 Å². The lowest BCUT2D eigenvalue weighted by molar-refractivity contribution is 0.0827. The van der Waals surface area contributed by atoms with Crippen molar-refractivity contribution in [2.45, 2.75) is 57.7 Å². The van der Waals surface area contributed by atoms with Gasteiger partial charge in [0.15, 0.2) is 0 Å². The Hall–Kier alpha value is -0.860. The van der Waals surface area contributed by atoms with Crippen LogP contribution in [0.15, 0.2) is 24.3 Å². The maximum Gasteiger partial charge on any atom is 0.0309 e. The van der Waals surface area contributed by atoms with Gasteiger partial charge in [-0.15, -0.1) is 0 Å². The molecule has 2 fully saturated rings. The minimum Gasteiger partial charge on any atom is -0.308 e. The van der Waals surface area contributed by atoms with E-state index in [0.717, 1.165) is 13.1 Å². The fraction of sp³-hybridized carbons (Fsp3) is 0.647. The predicted octanol–water partition coefficient (Wildman–Crippen LogP) is 3.10. The molecular formula is C17H26N2. The summed E-state index contributed by atoms with van der Waals surface area (Å²) in [6.45, 7) is 7.98. The molecule has 3 rings (SSSR count). The monoisotopic (exact) mass is 258 g/mol. The lowest BCUT2D eigenvalue weighted by Gasteiger charge is -2.45. The Labute approximate surface area is 117 Å². The van der Waals surface area contributed by atoms with Crippen molar-refractivity contribution in [3.8, 4) is 0 Å². The number of nitrogens with one attached hydrogen (secondary N) is 1. The largest absolute Gasteiger partial charge is 0.308 e. The second-order valence-corrected chi connectivity index (χ2v) is 6.61. The average molecular weight is 258 g/mol. The van der Waals surface area contributed by atoms with Gasteiger partial charge in [-0.05, 0) is 32.3 Å². The molecule has 0 aromatic heterocycles. The van der Waals surface area contributed by atoms with E-state index in [1.807, 2.05) is 0 Å². The zero-order valence-corrected chi connectivity index (χ0v) is 12.3. The molecular weight excluding hydrogens is 232 g/mol. The first kappa shape index (κ1) is 13.1. The third kappa shape index (κ3) is 2.85. The number of hydrogen-bond donors (Lipinski definition) is 1. The molecule has 19 heavy (non-hydrogen) atoms. The van der Waals surface area contributed by atoms with Crippen LogP contribution in [0.1, 0.15) is 43.7 Å². The first-order valence-electron chi connectivity index (χ1n) is 7.72. The van der Waals surface area contributed by atoms with E-state index in [2.05, 4.69) is 48.3 Å². The first-order chi connectivity index (χ1) is 9.17. The van der Waals surface area contributed by atoms with Gasteiger partial charge in [0, 0.05) is 31.2 Å². The van der Waals surface area contributed by atoms with Gasteiger partial charge in [0.05, 0.1) is 0 Å². The molecule has 1 aromatic rings. The highest BCUT2D eigenvalue weighted by molar-refractivity contribution is 5.21. The highest BCUT2D eigenvalue weighted by atomic mass is 15.2. The molecule has 2 nitrogen and oxygen atoms in total. The molecule has 1 saturated carbocycles. The Balaban J connectivity index is 1.69. The molecule has 1 aromatic carbocycles. The molecule has 1 atom stereocenters. The molecule has 1 spiro atoms. The summed E-state index contributed by atoms with van der Waals surface area (Å²) in [5, 5.41) is 3.83. The van der Waals surface area contributed by atoms with Crippen molar-refractivity contribution in [1.29, 1.82) is 0 Å². The van der Waals surface area contributed by atoms with Gasteiger partial charge in [-0.3, -0.25) is 4.90 Å². The second kappa shape index (κ2) is 5.26. The average Bonchev–Trinajstić information content (AvgIpc) is 2.85. The van der Waals surface area contributed by atoms with Crippen molar-refractivity contribution >= 4 is 0 Å². The second-order valence-electron chi connectivity index (χ2n) is 6.61. The van der Waals surface area contributed by atoms with Crippen LogP contribution in [0.3, 0.4) is 0 Å². The van der Waals surface area contributed by atoms with Crippen LogP contribution in [-0.2, 0) is 6.54 Å². The van der Waals surface area contributed by atoms with E-state index >= 15 is 0 Å². The quantitative estimate of drug-likeness (QED) is 0.877. The smallest absolute Gasteiger partial charge is 0.0309 e. The summed E-state index contributed by atoms with van der Waals surface area (Å²) < 4.78 is 0. The normalized spacial score (nSPS) is 26.9. The zero-order chi connectivity index (χ0) is 13.3. The number of rotatable bonds is 2. The van der Waals surface area contributed by atoms with Gasteiger partial charge in [-0.2, -0.15) is 0 Å². The summed E-state index contributed by atoms with van der Waals surface area (Å²) in [4.78, 5) is 2.67. The summed E-state index contributed by atoms with van der Waals surface area (Å²) >= 11 is 0. The fourth-order valence-corrected chi connectivity index (χ4v) is 3.62. The Morgan fingerprint density at radius 3 is 2.58 bits per heavy atom. The Bertz CT molecular complexity index is 417. The summed E-state index contributed by atoms with van der Waals surface area (Å²) in [5.74, 6) is 0. The predicted molar refractivity (Wildman–Crippen MR) is 80.3 cm³/mol. The van der Waals surface area contributed by atoms with Gasteiger partial charge >= 0.3 is 0 Å².